The summed E-state index contributed by atoms with van der Waals surface area (Å²) in [6, 6.07) is 15.4. The highest BCUT2D eigenvalue weighted by Crippen LogP contribution is 2.37. The van der Waals surface area contributed by atoms with Gasteiger partial charge in [-0.2, -0.15) is 0 Å². The number of benzene rings is 3. The summed E-state index contributed by atoms with van der Waals surface area (Å²) in [5, 5.41) is 7.12. The smallest absolute Gasteiger partial charge is 0.325 e. The highest BCUT2D eigenvalue weighted by Gasteiger charge is 2.50. The van der Waals surface area contributed by atoms with Crippen LogP contribution in [0.2, 0.25) is 0 Å². The third kappa shape index (κ3) is 3.42. The number of rotatable bonds is 5. The normalized spacial score (nSPS) is 18.8. The summed E-state index contributed by atoms with van der Waals surface area (Å²) in [5.41, 5.74) is -0.246. The molecule has 9 heteroatoms. The number of anilines is 1. The Morgan fingerprint density at radius 2 is 1.76 bits per heavy atom. The van der Waals surface area contributed by atoms with Gasteiger partial charge in [-0.15, -0.1) is 0 Å². The minimum atomic E-state index is -1.33. The molecule has 1 saturated heterocycles. The summed E-state index contributed by atoms with van der Waals surface area (Å²) in [4.78, 5) is 51.9. The van der Waals surface area contributed by atoms with Crippen molar-refractivity contribution in [1.29, 1.82) is 0 Å². The summed E-state index contributed by atoms with van der Waals surface area (Å²) in [6.45, 7) is 2.48. The van der Waals surface area contributed by atoms with Gasteiger partial charge in [0, 0.05) is 11.6 Å². The number of nitrogens with zero attached hydrogens (tertiary/aromatic N) is 1. The highest BCUT2D eigenvalue weighted by atomic mass is 16.7. The predicted molar refractivity (Wildman–Crippen MR) is 123 cm³/mol. The van der Waals surface area contributed by atoms with E-state index in [9.17, 15) is 19.2 Å². The van der Waals surface area contributed by atoms with Crippen molar-refractivity contribution >= 4 is 40.1 Å². The van der Waals surface area contributed by atoms with Crippen LogP contribution in [0.25, 0.3) is 10.8 Å². The van der Waals surface area contributed by atoms with Gasteiger partial charge in [-0.05, 0) is 36.2 Å². The van der Waals surface area contributed by atoms with Crippen molar-refractivity contribution < 1.29 is 28.7 Å². The summed E-state index contributed by atoms with van der Waals surface area (Å²) in [6.07, 6.45) is 0. The van der Waals surface area contributed by atoms with Crippen LogP contribution < -0.4 is 20.1 Å². The molecule has 2 heterocycles. The number of Topliss-reactive ketones (excluding diaryl/α,β-unsaturated/α-hetero) is 1. The molecule has 0 saturated carbocycles. The number of hydrogen-bond donors (Lipinski definition) is 2. The molecule has 4 amide bonds. The zero-order chi connectivity index (χ0) is 24.0. The number of hydrogen-bond acceptors (Lipinski definition) is 6. The summed E-state index contributed by atoms with van der Waals surface area (Å²) < 4.78 is 10.6. The van der Waals surface area contributed by atoms with Gasteiger partial charge >= 0.3 is 6.03 Å². The van der Waals surface area contributed by atoms with Crippen molar-refractivity contribution in [3.63, 3.8) is 0 Å². The molecule has 0 aliphatic carbocycles. The Balaban J connectivity index is 1.40. The third-order valence-electron chi connectivity index (χ3n) is 6.07. The molecule has 2 N–H and O–H groups in total. The van der Waals surface area contributed by atoms with Crippen molar-refractivity contribution in [3.05, 3.63) is 65.7 Å². The minimum absolute atomic E-state index is 0.0132. The fourth-order valence-corrected chi connectivity index (χ4v) is 4.35. The molecule has 5 rings (SSSR count). The Bertz CT molecular complexity index is 1380. The SMILES string of the molecule is CC(=O)c1cc2c(cc1NC(=O)CN1C(=O)N[C@@](C)(c3cccc4ccccc34)C1=O)OCO2. The lowest BCUT2D eigenvalue weighted by Crippen LogP contribution is -2.42. The van der Waals surface area contributed by atoms with Crippen LogP contribution in [0.5, 0.6) is 11.5 Å². The van der Waals surface area contributed by atoms with Gasteiger partial charge < -0.3 is 20.1 Å². The second-order valence-electron chi connectivity index (χ2n) is 8.33. The molecule has 2 aliphatic heterocycles. The van der Waals surface area contributed by atoms with Gasteiger partial charge in [-0.3, -0.25) is 19.3 Å². The minimum Gasteiger partial charge on any atom is -0.454 e. The number of carbonyl (C=O) groups is 4. The maximum absolute atomic E-state index is 13.4. The number of ether oxygens (including phenoxy) is 2. The van der Waals surface area contributed by atoms with Gasteiger partial charge in [0.25, 0.3) is 5.91 Å². The fraction of sp³-hybridized carbons (Fsp3) is 0.200. The molecule has 3 aromatic rings. The van der Waals surface area contributed by atoms with E-state index >= 15 is 0 Å². The maximum atomic E-state index is 13.4. The molecule has 0 spiro atoms. The molecule has 0 unspecified atom stereocenters. The van der Waals surface area contributed by atoms with Gasteiger partial charge in [0.2, 0.25) is 12.7 Å². The Morgan fingerprint density at radius 3 is 2.53 bits per heavy atom. The van der Waals surface area contributed by atoms with Crippen molar-refractivity contribution in [2.75, 3.05) is 18.7 Å². The largest absolute Gasteiger partial charge is 0.454 e. The standard InChI is InChI=1S/C25H21N3O6/c1-14(29)17-10-20-21(34-13-33-20)11-19(17)26-22(30)12-28-23(31)25(2,27-24(28)32)18-9-5-7-15-6-3-4-8-16(15)18/h3-11H,12-13H2,1-2H3,(H,26,30)(H,27,32)/t25-/m0/s1. The first kappa shape index (κ1) is 21.4. The van der Waals surface area contributed by atoms with Crippen LogP contribution >= 0.6 is 0 Å². The van der Waals surface area contributed by atoms with E-state index in [-0.39, 0.29) is 23.8 Å². The lowest BCUT2D eigenvalue weighted by Gasteiger charge is -2.24. The van der Waals surface area contributed by atoms with E-state index in [1.165, 1.54) is 19.1 Å². The van der Waals surface area contributed by atoms with Crippen LogP contribution in [0.4, 0.5) is 10.5 Å². The number of imide groups is 1. The molecule has 0 bridgehead atoms. The molecule has 34 heavy (non-hydrogen) atoms. The van der Waals surface area contributed by atoms with Gasteiger partial charge in [0.05, 0.1) is 5.69 Å². The first-order valence-corrected chi connectivity index (χ1v) is 10.6. The van der Waals surface area contributed by atoms with Crippen LogP contribution in [0, 0.1) is 0 Å². The zero-order valence-electron chi connectivity index (χ0n) is 18.5. The van der Waals surface area contributed by atoms with Gasteiger partial charge in [0.1, 0.15) is 12.1 Å². The second kappa shape index (κ2) is 7.87. The van der Waals surface area contributed by atoms with E-state index in [1.807, 2.05) is 36.4 Å². The van der Waals surface area contributed by atoms with Crippen molar-refractivity contribution in [3.8, 4) is 11.5 Å². The number of carbonyl (C=O) groups excluding carboxylic acids is 4. The van der Waals surface area contributed by atoms with Crippen molar-refractivity contribution in [2.45, 2.75) is 19.4 Å². The van der Waals surface area contributed by atoms with Crippen LogP contribution in [0.1, 0.15) is 29.8 Å². The van der Waals surface area contributed by atoms with Crippen molar-refractivity contribution in [2.24, 2.45) is 0 Å². The average molecular weight is 459 g/mol. The Kier molecular flexibility index (Phi) is 4.97. The Morgan fingerprint density at radius 1 is 1.06 bits per heavy atom. The van der Waals surface area contributed by atoms with Crippen LogP contribution in [-0.2, 0) is 15.1 Å². The highest BCUT2D eigenvalue weighted by molar-refractivity contribution is 6.12. The Labute approximate surface area is 194 Å². The van der Waals surface area contributed by atoms with Gasteiger partial charge in [0.15, 0.2) is 17.3 Å². The number of ketones is 1. The third-order valence-corrected chi connectivity index (χ3v) is 6.07. The average Bonchev–Trinajstić information content (AvgIpc) is 3.36. The van der Waals surface area contributed by atoms with E-state index in [4.69, 9.17) is 9.47 Å². The lowest BCUT2D eigenvalue weighted by atomic mass is 9.88. The fourth-order valence-electron chi connectivity index (χ4n) is 4.35. The number of urea groups is 1. The summed E-state index contributed by atoms with van der Waals surface area (Å²) >= 11 is 0. The molecule has 172 valence electrons. The van der Waals surface area contributed by atoms with E-state index in [0.717, 1.165) is 15.7 Å². The zero-order valence-corrected chi connectivity index (χ0v) is 18.5. The second-order valence-corrected chi connectivity index (χ2v) is 8.33. The molecule has 1 atom stereocenters. The molecule has 1 fully saturated rings. The molecule has 2 aliphatic rings. The molecule has 9 nitrogen and oxygen atoms in total. The first-order chi connectivity index (χ1) is 16.3. The summed E-state index contributed by atoms with van der Waals surface area (Å²) in [7, 11) is 0. The topological polar surface area (TPSA) is 114 Å². The lowest BCUT2D eigenvalue weighted by molar-refractivity contribution is -0.133. The molecular weight excluding hydrogens is 438 g/mol. The maximum Gasteiger partial charge on any atom is 0.325 e. The van der Waals surface area contributed by atoms with E-state index in [2.05, 4.69) is 10.6 Å². The monoisotopic (exact) mass is 459 g/mol. The molecule has 3 aromatic carbocycles. The van der Waals surface area contributed by atoms with Crippen LogP contribution in [-0.4, -0.2) is 41.9 Å². The predicted octanol–water partition coefficient (Wildman–Crippen LogP) is 3.18. The summed E-state index contributed by atoms with van der Waals surface area (Å²) in [5.74, 6) is -0.664. The van der Waals surface area contributed by atoms with Gasteiger partial charge in [-0.25, -0.2) is 4.79 Å². The Hall–Kier alpha value is -4.40. The number of fused-ring (bicyclic) bond motifs is 2. The molecular formula is C25H21N3O6. The molecule has 0 aromatic heterocycles. The van der Waals surface area contributed by atoms with Crippen LogP contribution in [0.3, 0.4) is 0 Å². The van der Waals surface area contributed by atoms with E-state index in [1.54, 1.807) is 13.0 Å². The van der Waals surface area contributed by atoms with Gasteiger partial charge in [-0.1, -0.05) is 42.5 Å². The van der Waals surface area contributed by atoms with Crippen LogP contribution in [0.15, 0.2) is 54.6 Å². The number of amides is 4. The van der Waals surface area contributed by atoms with E-state index < -0.39 is 29.9 Å². The first-order valence-electron chi connectivity index (χ1n) is 10.6. The molecule has 0 radical (unpaired) electrons. The quantitative estimate of drug-likeness (QED) is 0.448. The van der Waals surface area contributed by atoms with E-state index in [0.29, 0.717) is 17.1 Å². The number of nitrogens with one attached hydrogen (secondary N) is 2. The van der Waals surface area contributed by atoms with Crippen molar-refractivity contribution in [1.82, 2.24) is 10.2 Å².